The quantitative estimate of drug-likeness (QED) is 0.803. The molecule has 0 radical (unpaired) electrons. The van der Waals surface area contributed by atoms with Crippen LogP contribution in [0.3, 0.4) is 0 Å². The van der Waals surface area contributed by atoms with Crippen molar-refractivity contribution in [1.82, 2.24) is 0 Å². The van der Waals surface area contributed by atoms with Gasteiger partial charge >= 0.3 is 0 Å². The Bertz CT molecular complexity index is 301. The van der Waals surface area contributed by atoms with Gasteiger partial charge < -0.3 is 10.5 Å². The van der Waals surface area contributed by atoms with Gasteiger partial charge in [0.05, 0.1) is 0 Å². The normalized spacial score (nSPS) is 12.6. The van der Waals surface area contributed by atoms with Gasteiger partial charge in [-0.2, -0.15) is 0 Å². The van der Waals surface area contributed by atoms with Gasteiger partial charge in [0, 0.05) is 12.1 Å². The molecule has 1 aromatic carbocycles. The fourth-order valence-electron chi connectivity index (χ4n) is 0.984. The van der Waals surface area contributed by atoms with E-state index in [1.807, 2.05) is 6.92 Å². The summed E-state index contributed by atoms with van der Waals surface area (Å²) in [7, 11) is 0. The van der Waals surface area contributed by atoms with E-state index in [4.69, 9.17) is 10.5 Å². The molecule has 1 aromatic rings. The molecule has 0 spiro atoms. The minimum Gasteiger partial charge on any atom is -0.492 e. The first-order chi connectivity index (χ1) is 6.63. The van der Waals surface area contributed by atoms with E-state index in [-0.39, 0.29) is 11.9 Å². The van der Waals surface area contributed by atoms with E-state index in [0.29, 0.717) is 17.9 Å². The lowest BCUT2D eigenvalue weighted by Crippen LogP contribution is -2.26. The maximum absolute atomic E-state index is 13.1. The van der Waals surface area contributed by atoms with Crippen molar-refractivity contribution in [2.24, 2.45) is 5.73 Å². The number of rotatable bonds is 4. The second-order valence-electron chi connectivity index (χ2n) is 3.39. The van der Waals surface area contributed by atoms with Gasteiger partial charge in [0.2, 0.25) is 0 Å². The highest BCUT2D eigenvalue weighted by molar-refractivity contribution is 5.27. The lowest BCUT2D eigenvalue weighted by Gasteiger charge is -2.11. The van der Waals surface area contributed by atoms with Gasteiger partial charge in [-0.05, 0) is 25.0 Å². The average molecular weight is 197 g/mol. The van der Waals surface area contributed by atoms with Crippen molar-refractivity contribution in [3.63, 3.8) is 0 Å². The Hall–Kier alpha value is -1.09. The second kappa shape index (κ2) is 4.96. The van der Waals surface area contributed by atoms with E-state index in [9.17, 15) is 4.39 Å². The summed E-state index contributed by atoms with van der Waals surface area (Å²) < 4.78 is 18.4. The van der Waals surface area contributed by atoms with Crippen molar-refractivity contribution in [3.05, 3.63) is 29.6 Å². The van der Waals surface area contributed by atoms with Gasteiger partial charge in [0.1, 0.15) is 18.2 Å². The fourth-order valence-corrected chi connectivity index (χ4v) is 0.984. The Balaban J connectivity index is 2.55. The molecule has 0 aromatic heterocycles. The molecule has 0 saturated carbocycles. The van der Waals surface area contributed by atoms with Crippen molar-refractivity contribution >= 4 is 0 Å². The average Bonchev–Trinajstić information content (AvgIpc) is 2.19. The molecule has 3 heteroatoms. The van der Waals surface area contributed by atoms with Gasteiger partial charge in [-0.1, -0.05) is 13.0 Å². The van der Waals surface area contributed by atoms with Crippen LogP contribution in [0.5, 0.6) is 5.75 Å². The van der Waals surface area contributed by atoms with Crippen LogP contribution in [-0.4, -0.2) is 12.6 Å². The molecular formula is C11H16FNO. The van der Waals surface area contributed by atoms with Crippen LogP contribution in [0.1, 0.15) is 18.9 Å². The van der Waals surface area contributed by atoms with Crippen molar-refractivity contribution < 1.29 is 9.13 Å². The summed E-state index contributed by atoms with van der Waals surface area (Å²) in [6.45, 7) is 4.14. The topological polar surface area (TPSA) is 35.2 Å². The monoisotopic (exact) mass is 197 g/mol. The predicted molar refractivity (Wildman–Crippen MR) is 54.9 cm³/mol. The second-order valence-corrected chi connectivity index (χ2v) is 3.39. The molecule has 0 saturated heterocycles. The molecule has 0 bridgehead atoms. The lowest BCUT2D eigenvalue weighted by atomic mass is 10.2. The van der Waals surface area contributed by atoms with Crippen molar-refractivity contribution in [2.75, 3.05) is 6.61 Å². The Morgan fingerprint density at radius 1 is 1.50 bits per heavy atom. The first kappa shape index (κ1) is 11.0. The molecule has 1 atom stereocenters. The van der Waals surface area contributed by atoms with Crippen LogP contribution < -0.4 is 10.5 Å². The van der Waals surface area contributed by atoms with Crippen LogP contribution in [0.15, 0.2) is 18.2 Å². The van der Waals surface area contributed by atoms with Gasteiger partial charge in [-0.25, -0.2) is 4.39 Å². The van der Waals surface area contributed by atoms with Gasteiger partial charge in [0.15, 0.2) is 0 Å². The number of benzene rings is 1. The minimum atomic E-state index is -0.243. The summed E-state index contributed by atoms with van der Waals surface area (Å²) >= 11 is 0. The van der Waals surface area contributed by atoms with Crippen molar-refractivity contribution in [1.29, 1.82) is 0 Å². The summed E-state index contributed by atoms with van der Waals surface area (Å²) in [5, 5.41) is 0. The zero-order valence-electron chi connectivity index (χ0n) is 8.59. The molecule has 0 aliphatic carbocycles. The summed E-state index contributed by atoms with van der Waals surface area (Å²) in [5.74, 6) is 0.296. The number of halogens is 1. The highest BCUT2D eigenvalue weighted by Gasteiger charge is 2.02. The van der Waals surface area contributed by atoms with Crippen LogP contribution in [0.4, 0.5) is 4.39 Å². The smallest absolute Gasteiger partial charge is 0.129 e. The first-order valence-electron chi connectivity index (χ1n) is 4.78. The maximum Gasteiger partial charge on any atom is 0.129 e. The molecule has 0 amide bonds. The third-order valence-corrected chi connectivity index (χ3v) is 2.13. The number of aryl methyl sites for hydroxylation is 1. The van der Waals surface area contributed by atoms with Gasteiger partial charge in [-0.3, -0.25) is 0 Å². The SMILES string of the molecule is CCC(N)COc1ccc(C)c(F)c1. The van der Waals surface area contributed by atoms with E-state index >= 15 is 0 Å². The van der Waals surface area contributed by atoms with E-state index in [0.717, 1.165) is 6.42 Å². The Labute approximate surface area is 83.9 Å². The van der Waals surface area contributed by atoms with Gasteiger partial charge in [0.25, 0.3) is 0 Å². The fraction of sp³-hybridized carbons (Fsp3) is 0.455. The van der Waals surface area contributed by atoms with E-state index in [1.165, 1.54) is 6.07 Å². The van der Waals surface area contributed by atoms with E-state index in [1.54, 1.807) is 19.1 Å². The largest absolute Gasteiger partial charge is 0.492 e. The standard InChI is InChI=1S/C11H16FNO/c1-3-9(13)7-14-10-5-4-8(2)11(12)6-10/h4-6,9H,3,7,13H2,1-2H3. The molecule has 0 aliphatic rings. The highest BCUT2D eigenvalue weighted by Crippen LogP contribution is 2.15. The lowest BCUT2D eigenvalue weighted by molar-refractivity contribution is 0.284. The number of hydrogen-bond acceptors (Lipinski definition) is 2. The van der Waals surface area contributed by atoms with E-state index in [2.05, 4.69) is 0 Å². The molecule has 0 fully saturated rings. The number of nitrogens with two attached hydrogens (primary N) is 1. The molecule has 2 N–H and O–H groups in total. The zero-order valence-corrected chi connectivity index (χ0v) is 8.59. The molecule has 0 heterocycles. The molecular weight excluding hydrogens is 181 g/mol. The number of hydrogen-bond donors (Lipinski definition) is 1. The Kier molecular flexibility index (Phi) is 3.89. The molecule has 1 rings (SSSR count). The van der Waals surface area contributed by atoms with Crippen LogP contribution in [-0.2, 0) is 0 Å². The number of ether oxygens (including phenoxy) is 1. The summed E-state index contributed by atoms with van der Waals surface area (Å²) in [6.07, 6.45) is 0.855. The third kappa shape index (κ3) is 3.00. The third-order valence-electron chi connectivity index (χ3n) is 2.13. The molecule has 14 heavy (non-hydrogen) atoms. The zero-order chi connectivity index (χ0) is 10.6. The Morgan fingerprint density at radius 3 is 2.79 bits per heavy atom. The van der Waals surface area contributed by atoms with Crippen LogP contribution >= 0.6 is 0 Å². The maximum atomic E-state index is 13.1. The van der Waals surface area contributed by atoms with Gasteiger partial charge in [-0.15, -0.1) is 0 Å². The minimum absolute atomic E-state index is 0.0133. The molecule has 1 unspecified atom stereocenters. The van der Waals surface area contributed by atoms with E-state index < -0.39 is 0 Å². The highest BCUT2D eigenvalue weighted by atomic mass is 19.1. The summed E-state index contributed by atoms with van der Waals surface area (Å²) in [5.41, 5.74) is 6.29. The van der Waals surface area contributed by atoms with Crippen LogP contribution in [0.25, 0.3) is 0 Å². The first-order valence-corrected chi connectivity index (χ1v) is 4.78. The molecule has 2 nitrogen and oxygen atoms in total. The predicted octanol–water partition coefficient (Wildman–Crippen LogP) is 2.25. The Morgan fingerprint density at radius 2 is 2.21 bits per heavy atom. The summed E-state index contributed by atoms with van der Waals surface area (Å²) in [4.78, 5) is 0. The molecule has 78 valence electrons. The van der Waals surface area contributed by atoms with Crippen molar-refractivity contribution in [3.8, 4) is 5.75 Å². The van der Waals surface area contributed by atoms with Crippen LogP contribution in [0.2, 0.25) is 0 Å². The molecule has 0 aliphatic heterocycles. The van der Waals surface area contributed by atoms with Crippen LogP contribution in [0, 0.1) is 12.7 Å². The summed E-state index contributed by atoms with van der Waals surface area (Å²) in [6, 6.07) is 4.85. The van der Waals surface area contributed by atoms with Crippen molar-refractivity contribution in [2.45, 2.75) is 26.3 Å².